The summed E-state index contributed by atoms with van der Waals surface area (Å²) >= 11 is 2.71. The van der Waals surface area contributed by atoms with E-state index in [9.17, 15) is 9.59 Å². The van der Waals surface area contributed by atoms with Crippen LogP contribution in [0.3, 0.4) is 0 Å². The molecule has 0 radical (unpaired) electrons. The van der Waals surface area contributed by atoms with Gasteiger partial charge in [-0.15, -0.1) is 6.58 Å². The average Bonchev–Trinajstić information content (AvgIpc) is 3.08. The van der Waals surface area contributed by atoms with E-state index in [0.717, 1.165) is 17.3 Å². The van der Waals surface area contributed by atoms with Gasteiger partial charge < -0.3 is 10.5 Å². The second-order valence-electron chi connectivity index (χ2n) is 6.85. The molecule has 29 heavy (non-hydrogen) atoms. The number of ether oxygens (including phenoxy) is 1. The first-order chi connectivity index (χ1) is 13.8. The summed E-state index contributed by atoms with van der Waals surface area (Å²) in [4.78, 5) is 29.5. The Bertz CT molecular complexity index is 1120. The lowest BCUT2D eigenvalue weighted by Crippen LogP contribution is -2.17. The van der Waals surface area contributed by atoms with Gasteiger partial charge in [0.1, 0.15) is 5.82 Å². The van der Waals surface area contributed by atoms with E-state index in [2.05, 4.69) is 29.8 Å². The van der Waals surface area contributed by atoms with E-state index in [0.29, 0.717) is 33.6 Å². The summed E-state index contributed by atoms with van der Waals surface area (Å²) in [5, 5.41) is 0.707. The Kier molecular flexibility index (Phi) is 6.39. The highest BCUT2D eigenvalue weighted by Gasteiger charge is 2.21. The van der Waals surface area contributed by atoms with Crippen molar-refractivity contribution in [1.29, 1.82) is 0 Å². The first-order valence-electron chi connectivity index (χ1n) is 9.00. The van der Waals surface area contributed by atoms with Crippen LogP contribution < -0.4 is 11.3 Å². The molecule has 0 saturated carbocycles. The van der Waals surface area contributed by atoms with Gasteiger partial charge in [0.15, 0.2) is 10.9 Å². The van der Waals surface area contributed by atoms with Crippen LogP contribution in [0.5, 0.6) is 0 Å². The van der Waals surface area contributed by atoms with E-state index in [-0.39, 0.29) is 22.9 Å². The van der Waals surface area contributed by atoms with Gasteiger partial charge in [0.2, 0.25) is 10.7 Å². The van der Waals surface area contributed by atoms with Crippen molar-refractivity contribution in [2.45, 2.75) is 25.4 Å². The van der Waals surface area contributed by atoms with Crippen molar-refractivity contribution in [3.63, 3.8) is 0 Å². The number of Topliss-reactive ketones (excluding diaryl/α,β-unsaturated/α-hetero) is 1. The van der Waals surface area contributed by atoms with E-state index < -0.39 is 5.56 Å². The van der Waals surface area contributed by atoms with Gasteiger partial charge in [-0.05, 0) is 36.1 Å². The molecule has 0 spiro atoms. The molecule has 1 aliphatic rings. The monoisotopic (exact) mass is 430 g/mol. The van der Waals surface area contributed by atoms with E-state index in [1.807, 2.05) is 0 Å². The number of allylic oxidation sites excluding steroid dienone is 5. The van der Waals surface area contributed by atoms with Gasteiger partial charge in [-0.25, -0.2) is 4.40 Å². The van der Waals surface area contributed by atoms with Crippen molar-refractivity contribution in [3.8, 4) is 0 Å². The number of methoxy groups -OCH3 is 1. The summed E-state index contributed by atoms with van der Waals surface area (Å²) in [6.45, 7) is 7.92. The molecular weight excluding hydrogens is 408 g/mol. The minimum absolute atomic E-state index is 0.197. The smallest absolute Gasteiger partial charge is 0.283 e. The summed E-state index contributed by atoms with van der Waals surface area (Å²) in [6, 6.07) is 0. The van der Waals surface area contributed by atoms with Gasteiger partial charge in [0, 0.05) is 22.9 Å². The fraction of sp³-hybridized carbons (Fsp3) is 0.300. The zero-order valence-corrected chi connectivity index (χ0v) is 18.1. The Morgan fingerprint density at radius 2 is 2.14 bits per heavy atom. The molecule has 0 amide bonds. The van der Waals surface area contributed by atoms with Crippen molar-refractivity contribution in [1.82, 2.24) is 13.8 Å². The maximum Gasteiger partial charge on any atom is 0.283 e. The maximum atomic E-state index is 12.6. The number of carbonyl (C=O) groups excluding carboxylic acids is 1. The van der Waals surface area contributed by atoms with Gasteiger partial charge in [-0.1, -0.05) is 31.7 Å². The molecule has 3 rings (SSSR count). The van der Waals surface area contributed by atoms with Crippen LogP contribution in [0.25, 0.3) is 11.0 Å². The molecule has 0 aromatic carbocycles. The predicted octanol–water partition coefficient (Wildman–Crippen LogP) is 3.48. The molecule has 2 heterocycles. The number of aromatic nitrogens is 3. The number of rotatable bonds is 7. The third-order valence-electron chi connectivity index (χ3n) is 4.13. The third kappa shape index (κ3) is 4.35. The van der Waals surface area contributed by atoms with Gasteiger partial charge in [0.05, 0.1) is 12.7 Å². The molecule has 0 fully saturated rings. The van der Waals surface area contributed by atoms with Crippen molar-refractivity contribution < 1.29 is 9.53 Å². The molecule has 9 heteroatoms. The highest BCUT2D eigenvalue weighted by atomic mass is 32.2. The van der Waals surface area contributed by atoms with Crippen molar-refractivity contribution in [2.75, 3.05) is 18.6 Å². The predicted molar refractivity (Wildman–Crippen MR) is 118 cm³/mol. The van der Waals surface area contributed by atoms with E-state index in [1.165, 1.54) is 7.11 Å². The normalized spacial score (nSPS) is 15.7. The Hall–Kier alpha value is -2.65. The third-order valence-corrected chi connectivity index (χ3v) is 6.31. The van der Waals surface area contributed by atoms with Crippen LogP contribution in [-0.4, -0.2) is 32.4 Å². The van der Waals surface area contributed by atoms with Crippen LogP contribution in [0.15, 0.2) is 51.7 Å². The van der Waals surface area contributed by atoms with Crippen molar-refractivity contribution in [2.24, 2.45) is 5.92 Å². The second kappa shape index (κ2) is 8.79. The number of nitrogens with two attached hydrogens (primary N) is 1. The Balaban J connectivity index is 2.12. The molecule has 0 aliphatic heterocycles. The molecule has 7 nitrogen and oxygen atoms in total. The first-order valence-corrected chi connectivity index (χ1v) is 10.8. The lowest BCUT2D eigenvalue weighted by atomic mass is 9.95. The molecule has 0 atom stereocenters. The summed E-state index contributed by atoms with van der Waals surface area (Å²) in [7, 11) is 1.43. The Labute approximate surface area is 176 Å². The lowest BCUT2D eigenvalue weighted by Gasteiger charge is -2.14. The zero-order chi connectivity index (χ0) is 21.1. The molecule has 0 saturated heterocycles. The Morgan fingerprint density at radius 1 is 1.38 bits per heavy atom. The van der Waals surface area contributed by atoms with Crippen molar-refractivity contribution in [3.05, 3.63) is 57.6 Å². The lowest BCUT2D eigenvalue weighted by molar-refractivity contribution is -0.115. The number of nitrogens with zero attached hydrogens (tertiary/aromatic N) is 3. The number of ketones is 1. The van der Waals surface area contributed by atoms with Gasteiger partial charge in [-0.3, -0.25) is 9.59 Å². The minimum Gasteiger partial charge on any atom is -0.493 e. The maximum absolute atomic E-state index is 12.6. The second-order valence-corrected chi connectivity index (χ2v) is 8.57. The van der Waals surface area contributed by atoms with Crippen LogP contribution in [-0.2, 0) is 9.53 Å². The van der Waals surface area contributed by atoms with Gasteiger partial charge >= 0.3 is 0 Å². The van der Waals surface area contributed by atoms with Crippen LogP contribution in [0.2, 0.25) is 0 Å². The highest BCUT2D eigenvalue weighted by molar-refractivity contribution is 7.99. The number of hydrogen-bond donors (Lipinski definition) is 1. The number of anilines is 1. The molecule has 2 N–H and O–H groups in total. The van der Waals surface area contributed by atoms with Crippen LogP contribution in [0, 0.1) is 5.92 Å². The van der Waals surface area contributed by atoms with E-state index in [1.54, 1.807) is 40.5 Å². The number of fused-ring (bicyclic) bond motifs is 1. The summed E-state index contributed by atoms with van der Waals surface area (Å²) < 4.78 is 11.3. The Morgan fingerprint density at radius 3 is 2.79 bits per heavy atom. The average molecular weight is 431 g/mol. The van der Waals surface area contributed by atoms with Crippen LogP contribution >= 0.6 is 23.3 Å². The fourth-order valence-electron chi connectivity index (χ4n) is 2.76. The molecular formula is C20H22N4O3S2. The number of carbonyl (C=O) groups is 1. The molecule has 152 valence electrons. The zero-order valence-electron chi connectivity index (χ0n) is 16.5. The van der Waals surface area contributed by atoms with Crippen LogP contribution in [0.1, 0.15) is 25.8 Å². The van der Waals surface area contributed by atoms with Gasteiger partial charge in [0.25, 0.3) is 5.56 Å². The number of hydrogen-bond acceptors (Lipinski definition) is 8. The van der Waals surface area contributed by atoms with E-state index in [4.69, 9.17) is 10.5 Å². The fourth-order valence-corrected chi connectivity index (χ4v) is 4.57. The summed E-state index contributed by atoms with van der Waals surface area (Å²) in [5.41, 5.74) is 7.32. The molecule has 2 aromatic heterocycles. The standard InChI is InChI=1S/C20H22N4O3S2/c1-5-6-13-7-12(9-15(27-4)16(13)25)8-14-17(21)24-19(22-18(14)26)29-23-20(24)28-10-11(2)3/h5,7-9,11H,1,6,10,21H2,2-4H3/b12-8+. The minimum atomic E-state index is -0.443. The quantitative estimate of drug-likeness (QED) is 0.530. The molecule has 0 bridgehead atoms. The first kappa shape index (κ1) is 21.1. The number of nitrogen functional groups attached to an aromatic ring is 1. The topological polar surface area (TPSA) is 99.6 Å². The highest BCUT2D eigenvalue weighted by Crippen LogP contribution is 2.28. The summed E-state index contributed by atoms with van der Waals surface area (Å²) in [5.74, 6) is 1.63. The van der Waals surface area contributed by atoms with Gasteiger partial charge in [-0.2, -0.15) is 9.36 Å². The summed E-state index contributed by atoms with van der Waals surface area (Å²) in [6.07, 6.45) is 6.96. The molecule has 0 unspecified atom stereocenters. The van der Waals surface area contributed by atoms with Crippen molar-refractivity contribution >= 4 is 45.9 Å². The SMILES string of the molecule is C=CCC1=C/C(=C\c2c(N)n3c(SCC(C)C)nsc3nc2=O)C=C(OC)C1=O. The molecule has 1 aliphatic carbocycles. The molecule has 2 aromatic rings. The largest absolute Gasteiger partial charge is 0.493 e. The number of thioether (sulfide) groups is 1. The van der Waals surface area contributed by atoms with Crippen LogP contribution in [0.4, 0.5) is 5.82 Å². The van der Waals surface area contributed by atoms with E-state index >= 15 is 0 Å².